The predicted molar refractivity (Wildman–Crippen MR) is 90.5 cm³/mol. The molecule has 3 rings (SSSR count). The molecule has 1 aliphatic heterocycles. The molecule has 0 aromatic heterocycles. The van der Waals surface area contributed by atoms with Gasteiger partial charge in [0.15, 0.2) is 11.5 Å². The molecule has 1 amide bonds. The van der Waals surface area contributed by atoms with E-state index in [-0.39, 0.29) is 12.7 Å². The van der Waals surface area contributed by atoms with E-state index in [1.165, 1.54) is 0 Å². The Balaban J connectivity index is 1.64. The third-order valence-corrected chi connectivity index (χ3v) is 4.00. The summed E-state index contributed by atoms with van der Waals surface area (Å²) < 4.78 is 10.5. The van der Waals surface area contributed by atoms with E-state index in [1.807, 2.05) is 19.1 Å². The molecule has 0 radical (unpaired) electrons. The highest BCUT2D eigenvalue weighted by atomic mass is 35.5. The summed E-state index contributed by atoms with van der Waals surface area (Å²) in [6, 6.07) is 10.5. The molecule has 0 unspecified atom stereocenters. The van der Waals surface area contributed by atoms with Crippen molar-refractivity contribution in [3.8, 4) is 11.5 Å². The molecule has 0 saturated carbocycles. The molecule has 2 aromatic carbocycles. The second-order valence-corrected chi connectivity index (χ2v) is 5.79. The van der Waals surface area contributed by atoms with Gasteiger partial charge in [-0.15, -0.1) is 0 Å². The summed E-state index contributed by atoms with van der Waals surface area (Å²) in [4.78, 5) is 12.3. The summed E-state index contributed by atoms with van der Waals surface area (Å²) >= 11 is 6.09. The summed E-state index contributed by atoms with van der Waals surface area (Å²) in [7, 11) is 0. The van der Waals surface area contributed by atoms with Gasteiger partial charge in [-0.25, -0.2) is 0 Å². The van der Waals surface area contributed by atoms with Gasteiger partial charge in [0, 0.05) is 22.5 Å². The SMILES string of the molecule is Cc1ccc(N[C@H](C)C(=O)Nc2ccc3c(c2)OCO3)cc1Cl. The van der Waals surface area contributed by atoms with Crippen molar-refractivity contribution in [1.29, 1.82) is 0 Å². The van der Waals surface area contributed by atoms with Crippen LogP contribution < -0.4 is 20.1 Å². The predicted octanol–water partition coefficient (Wildman–Crippen LogP) is 3.82. The molecule has 1 heterocycles. The fraction of sp³-hybridized carbons (Fsp3) is 0.235. The molecule has 2 aromatic rings. The van der Waals surface area contributed by atoms with E-state index in [2.05, 4.69) is 10.6 Å². The lowest BCUT2D eigenvalue weighted by atomic mass is 10.2. The Morgan fingerprint density at radius 2 is 1.87 bits per heavy atom. The summed E-state index contributed by atoms with van der Waals surface area (Å²) in [5.41, 5.74) is 2.46. The third kappa shape index (κ3) is 3.51. The first-order valence-corrected chi connectivity index (χ1v) is 7.64. The molecule has 0 saturated heterocycles. The Kier molecular flexibility index (Phi) is 4.30. The number of hydrogen-bond donors (Lipinski definition) is 2. The number of amides is 1. The number of ether oxygens (including phenoxy) is 2. The van der Waals surface area contributed by atoms with Crippen LogP contribution in [0.15, 0.2) is 36.4 Å². The van der Waals surface area contributed by atoms with Crippen LogP contribution in [0, 0.1) is 6.92 Å². The standard InChI is InChI=1S/C17H17ClN2O3/c1-10-3-4-12(7-14(10)18)19-11(2)17(21)20-13-5-6-15-16(8-13)23-9-22-15/h3-8,11,19H,9H2,1-2H3,(H,20,21)/t11-/m1/s1. The molecular formula is C17H17ClN2O3. The number of hydrogen-bond acceptors (Lipinski definition) is 4. The molecule has 0 spiro atoms. The number of fused-ring (bicyclic) bond motifs is 1. The average Bonchev–Trinajstić information content (AvgIpc) is 2.98. The molecular weight excluding hydrogens is 316 g/mol. The zero-order chi connectivity index (χ0) is 16.4. The average molecular weight is 333 g/mol. The molecule has 23 heavy (non-hydrogen) atoms. The monoisotopic (exact) mass is 332 g/mol. The van der Waals surface area contributed by atoms with Crippen molar-refractivity contribution in [3.63, 3.8) is 0 Å². The number of aryl methyl sites for hydroxylation is 1. The van der Waals surface area contributed by atoms with Gasteiger partial charge in [-0.2, -0.15) is 0 Å². The molecule has 120 valence electrons. The Morgan fingerprint density at radius 3 is 2.65 bits per heavy atom. The van der Waals surface area contributed by atoms with Crippen molar-refractivity contribution in [3.05, 3.63) is 47.0 Å². The number of carbonyl (C=O) groups excluding carboxylic acids is 1. The van der Waals surface area contributed by atoms with Crippen LogP contribution in [0.3, 0.4) is 0 Å². The summed E-state index contributed by atoms with van der Waals surface area (Å²) in [6.45, 7) is 3.93. The van der Waals surface area contributed by atoms with Crippen molar-refractivity contribution in [2.45, 2.75) is 19.9 Å². The van der Waals surface area contributed by atoms with Crippen molar-refractivity contribution < 1.29 is 14.3 Å². The van der Waals surface area contributed by atoms with Gasteiger partial charge >= 0.3 is 0 Å². The van der Waals surface area contributed by atoms with E-state index >= 15 is 0 Å². The molecule has 1 atom stereocenters. The van der Waals surface area contributed by atoms with E-state index in [4.69, 9.17) is 21.1 Å². The zero-order valence-electron chi connectivity index (χ0n) is 12.9. The Bertz CT molecular complexity index is 749. The molecule has 2 N–H and O–H groups in total. The number of anilines is 2. The minimum absolute atomic E-state index is 0.152. The number of halogens is 1. The first kappa shape index (κ1) is 15.5. The van der Waals surface area contributed by atoms with Gasteiger partial charge < -0.3 is 20.1 Å². The van der Waals surface area contributed by atoms with Gasteiger partial charge in [-0.1, -0.05) is 17.7 Å². The van der Waals surface area contributed by atoms with E-state index in [9.17, 15) is 4.79 Å². The first-order valence-electron chi connectivity index (χ1n) is 7.26. The lowest BCUT2D eigenvalue weighted by Gasteiger charge is -2.16. The van der Waals surface area contributed by atoms with Crippen molar-refractivity contribution >= 4 is 28.9 Å². The van der Waals surface area contributed by atoms with E-state index in [0.29, 0.717) is 22.2 Å². The number of benzene rings is 2. The maximum Gasteiger partial charge on any atom is 0.246 e. The highest BCUT2D eigenvalue weighted by molar-refractivity contribution is 6.31. The Morgan fingerprint density at radius 1 is 1.13 bits per heavy atom. The second kappa shape index (κ2) is 6.38. The highest BCUT2D eigenvalue weighted by Crippen LogP contribution is 2.34. The Hall–Kier alpha value is -2.40. The number of rotatable bonds is 4. The van der Waals surface area contributed by atoms with Crippen molar-refractivity contribution in [2.75, 3.05) is 17.4 Å². The van der Waals surface area contributed by atoms with Crippen LogP contribution in [0.1, 0.15) is 12.5 Å². The summed E-state index contributed by atoms with van der Waals surface area (Å²) in [5.74, 6) is 1.16. The second-order valence-electron chi connectivity index (χ2n) is 5.39. The molecule has 6 heteroatoms. The van der Waals surface area contributed by atoms with Crippen LogP contribution >= 0.6 is 11.6 Å². The van der Waals surface area contributed by atoms with Crippen LogP contribution in [0.4, 0.5) is 11.4 Å². The fourth-order valence-electron chi connectivity index (χ4n) is 2.22. The third-order valence-electron chi connectivity index (χ3n) is 3.59. The quantitative estimate of drug-likeness (QED) is 0.893. The summed E-state index contributed by atoms with van der Waals surface area (Å²) in [5, 5.41) is 6.64. The van der Waals surface area contributed by atoms with Gasteiger partial charge in [0.05, 0.1) is 0 Å². The number of nitrogens with one attached hydrogen (secondary N) is 2. The molecule has 0 fully saturated rings. The molecule has 5 nitrogen and oxygen atoms in total. The zero-order valence-corrected chi connectivity index (χ0v) is 13.6. The molecule has 0 aliphatic carbocycles. The molecule has 0 bridgehead atoms. The van der Waals surface area contributed by atoms with Gasteiger partial charge in [0.25, 0.3) is 0 Å². The number of carbonyl (C=O) groups is 1. The van der Waals surface area contributed by atoms with E-state index in [0.717, 1.165) is 11.3 Å². The summed E-state index contributed by atoms with van der Waals surface area (Å²) in [6.07, 6.45) is 0. The minimum atomic E-state index is -0.417. The topological polar surface area (TPSA) is 59.6 Å². The van der Waals surface area contributed by atoms with Gasteiger partial charge in [0.2, 0.25) is 12.7 Å². The smallest absolute Gasteiger partial charge is 0.246 e. The van der Waals surface area contributed by atoms with Crippen LogP contribution in [-0.2, 0) is 4.79 Å². The van der Waals surface area contributed by atoms with Gasteiger partial charge in [-0.3, -0.25) is 4.79 Å². The fourth-order valence-corrected chi connectivity index (χ4v) is 2.40. The van der Waals surface area contributed by atoms with E-state index < -0.39 is 6.04 Å². The highest BCUT2D eigenvalue weighted by Gasteiger charge is 2.17. The van der Waals surface area contributed by atoms with Gasteiger partial charge in [-0.05, 0) is 43.7 Å². The van der Waals surface area contributed by atoms with Crippen LogP contribution in [0.5, 0.6) is 11.5 Å². The van der Waals surface area contributed by atoms with E-state index in [1.54, 1.807) is 31.2 Å². The van der Waals surface area contributed by atoms with Gasteiger partial charge in [0.1, 0.15) is 6.04 Å². The lowest BCUT2D eigenvalue weighted by molar-refractivity contribution is -0.116. The van der Waals surface area contributed by atoms with Crippen LogP contribution in [0.25, 0.3) is 0 Å². The lowest BCUT2D eigenvalue weighted by Crippen LogP contribution is -2.31. The van der Waals surface area contributed by atoms with Crippen LogP contribution in [0.2, 0.25) is 5.02 Å². The van der Waals surface area contributed by atoms with Crippen LogP contribution in [-0.4, -0.2) is 18.7 Å². The Labute approximate surface area is 139 Å². The maximum absolute atomic E-state index is 12.3. The minimum Gasteiger partial charge on any atom is -0.454 e. The maximum atomic E-state index is 12.3. The molecule has 1 aliphatic rings. The van der Waals surface area contributed by atoms with Crippen molar-refractivity contribution in [2.24, 2.45) is 0 Å². The van der Waals surface area contributed by atoms with Crippen molar-refractivity contribution in [1.82, 2.24) is 0 Å². The largest absolute Gasteiger partial charge is 0.454 e. The first-order chi connectivity index (χ1) is 11.0. The normalized spacial score (nSPS) is 13.5.